The Hall–Kier alpha value is -3.10. The first-order valence-electron chi connectivity index (χ1n) is 11.9. The average molecular weight is 540 g/mol. The molecule has 1 aliphatic rings. The van der Waals surface area contributed by atoms with Crippen LogP contribution < -0.4 is 20.7 Å². The van der Waals surface area contributed by atoms with Gasteiger partial charge in [0.05, 0.1) is 12.2 Å². The largest absolute Gasteiger partial charge is 0.369 e. The van der Waals surface area contributed by atoms with Crippen LogP contribution in [0, 0.1) is 5.82 Å². The molecule has 0 bridgehead atoms. The second-order valence-corrected chi connectivity index (χ2v) is 9.49. The first-order chi connectivity index (χ1) is 17.1. The summed E-state index contributed by atoms with van der Waals surface area (Å²) in [4.78, 5) is 17.5. The van der Waals surface area contributed by atoms with E-state index in [1.54, 1.807) is 17.1 Å². The molecule has 1 fully saturated rings. The third-order valence-corrected chi connectivity index (χ3v) is 6.59. The molecule has 3 aromatic rings. The van der Waals surface area contributed by atoms with E-state index >= 15 is 0 Å². The lowest BCUT2D eigenvalue weighted by Gasteiger charge is -2.36. The van der Waals surface area contributed by atoms with Gasteiger partial charge in [0, 0.05) is 42.9 Å². The molecule has 2 N–H and O–H groups in total. The van der Waals surface area contributed by atoms with Crippen LogP contribution in [0.25, 0.3) is 0 Å². The smallest absolute Gasteiger partial charge is 0.333 e. The minimum Gasteiger partial charge on any atom is -0.369 e. The maximum Gasteiger partial charge on any atom is 0.333 e. The van der Waals surface area contributed by atoms with Gasteiger partial charge in [0.15, 0.2) is 0 Å². The lowest BCUT2D eigenvalue weighted by atomic mass is 10.2. The molecule has 1 aliphatic heterocycles. The Balaban J connectivity index is 1.19. The lowest BCUT2D eigenvalue weighted by molar-refractivity contribution is 0.235. The summed E-state index contributed by atoms with van der Waals surface area (Å²) in [5.41, 5.74) is 5.95. The predicted molar refractivity (Wildman–Crippen MR) is 143 cm³/mol. The van der Waals surface area contributed by atoms with Gasteiger partial charge in [-0.1, -0.05) is 46.3 Å². The first kappa shape index (κ1) is 25.0. The number of amides is 2. The lowest BCUT2D eigenvalue weighted by Crippen LogP contribution is -2.48. The van der Waals surface area contributed by atoms with Gasteiger partial charge >= 0.3 is 6.03 Å². The molecule has 2 amide bonds. The van der Waals surface area contributed by atoms with Crippen LogP contribution in [0.5, 0.6) is 0 Å². The number of carbonyl (C=O) groups excluding carboxylic acids is 1. The number of para-hydroxylation sites is 1. The van der Waals surface area contributed by atoms with Crippen LogP contribution in [-0.2, 0) is 6.54 Å². The second-order valence-electron chi connectivity index (χ2n) is 8.57. The SMILES string of the molecule is O=C(NCCCN1CCN(c2ccc(Br)cc2)CC1)NN(Cc1ccc(F)cc1)c1ccccc1. The van der Waals surface area contributed by atoms with Crippen molar-refractivity contribution in [3.8, 4) is 0 Å². The molecule has 4 rings (SSSR count). The van der Waals surface area contributed by atoms with Crippen molar-refractivity contribution in [1.29, 1.82) is 0 Å². The topological polar surface area (TPSA) is 50.9 Å². The van der Waals surface area contributed by atoms with E-state index in [1.165, 1.54) is 17.8 Å². The third kappa shape index (κ3) is 7.70. The van der Waals surface area contributed by atoms with Crippen LogP contribution in [0.3, 0.4) is 0 Å². The van der Waals surface area contributed by atoms with Gasteiger partial charge in [-0.15, -0.1) is 0 Å². The number of nitrogens with zero attached hydrogens (tertiary/aromatic N) is 3. The van der Waals surface area contributed by atoms with Gasteiger partial charge in [-0.25, -0.2) is 14.6 Å². The van der Waals surface area contributed by atoms with E-state index < -0.39 is 0 Å². The van der Waals surface area contributed by atoms with Crippen LogP contribution in [0.1, 0.15) is 12.0 Å². The highest BCUT2D eigenvalue weighted by Crippen LogP contribution is 2.20. The second kappa shape index (κ2) is 12.6. The van der Waals surface area contributed by atoms with Crippen molar-refractivity contribution in [1.82, 2.24) is 15.6 Å². The molecule has 0 radical (unpaired) electrons. The fourth-order valence-corrected chi connectivity index (χ4v) is 4.39. The van der Waals surface area contributed by atoms with Gasteiger partial charge in [0.1, 0.15) is 5.82 Å². The molecule has 0 atom stereocenters. The van der Waals surface area contributed by atoms with Crippen molar-refractivity contribution < 1.29 is 9.18 Å². The molecule has 8 heteroatoms. The summed E-state index contributed by atoms with van der Waals surface area (Å²) >= 11 is 3.49. The fourth-order valence-electron chi connectivity index (χ4n) is 4.12. The van der Waals surface area contributed by atoms with Crippen molar-refractivity contribution in [2.24, 2.45) is 0 Å². The van der Waals surface area contributed by atoms with E-state index in [-0.39, 0.29) is 11.8 Å². The monoisotopic (exact) mass is 539 g/mol. The molecule has 0 unspecified atom stereocenters. The van der Waals surface area contributed by atoms with E-state index in [0.717, 1.165) is 54.9 Å². The number of urea groups is 1. The summed E-state index contributed by atoms with van der Waals surface area (Å²) in [6, 6.07) is 24.1. The normalized spacial score (nSPS) is 13.9. The zero-order valence-electron chi connectivity index (χ0n) is 19.7. The van der Waals surface area contributed by atoms with Crippen LogP contribution >= 0.6 is 15.9 Å². The maximum absolute atomic E-state index is 13.3. The number of piperazine rings is 1. The zero-order chi connectivity index (χ0) is 24.5. The molecule has 6 nitrogen and oxygen atoms in total. The standard InChI is InChI=1S/C27H31BrFN5O/c28-23-9-13-25(14-10-23)33-19-17-32(18-20-33)16-4-15-30-27(35)31-34(26-5-2-1-3-6-26)21-22-7-11-24(29)12-8-22/h1-3,5-14H,4,15-21H2,(H2,30,31,35). The van der Waals surface area contributed by atoms with Crippen molar-refractivity contribution >= 4 is 33.3 Å². The summed E-state index contributed by atoms with van der Waals surface area (Å²) in [6.07, 6.45) is 0.884. The Morgan fingerprint density at radius 1 is 0.914 bits per heavy atom. The van der Waals surface area contributed by atoms with Gasteiger partial charge in [-0.2, -0.15) is 0 Å². The molecular weight excluding hydrogens is 509 g/mol. The number of rotatable bonds is 9. The summed E-state index contributed by atoms with van der Waals surface area (Å²) in [5, 5.41) is 4.73. The van der Waals surface area contributed by atoms with Gasteiger partial charge in [-0.05, 0) is 67.1 Å². The van der Waals surface area contributed by atoms with Crippen molar-refractivity contribution in [3.05, 3.63) is 94.7 Å². The summed E-state index contributed by atoms with van der Waals surface area (Å²) in [6.45, 7) is 6.02. The maximum atomic E-state index is 13.3. The highest BCUT2D eigenvalue weighted by molar-refractivity contribution is 9.10. The Labute approximate surface area is 214 Å². The highest BCUT2D eigenvalue weighted by atomic mass is 79.9. The Morgan fingerprint density at radius 2 is 1.60 bits per heavy atom. The number of halogens is 2. The van der Waals surface area contributed by atoms with E-state index in [2.05, 4.69) is 60.7 Å². The molecule has 35 heavy (non-hydrogen) atoms. The number of hydrazine groups is 1. The zero-order valence-corrected chi connectivity index (χ0v) is 21.3. The number of carbonyl (C=O) groups is 1. The van der Waals surface area contributed by atoms with Crippen LogP contribution in [-0.4, -0.2) is 50.2 Å². The molecule has 0 saturated carbocycles. The van der Waals surface area contributed by atoms with Crippen molar-refractivity contribution in [2.45, 2.75) is 13.0 Å². The number of hydrogen-bond acceptors (Lipinski definition) is 4. The molecule has 184 valence electrons. The van der Waals surface area contributed by atoms with Gasteiger partial charge in [0.2, 0.25) is 0 Å². The molecule has 0 aromatic heterocycles. The molecule has 1 heterocycles. The quantitative estimate of drug-likeness (QED) is 0.296. The van der Waals surface area contributed by atoms with Gasteiger partial charge in [-0.3, -0.25) is 9.91 Å². The third-order valence-electron chi connectivity index (χ3n) is 6.06. The van der Waals surface area contributed by atoms with E-state index in [1.807, 2.05) is 30.3 Å². The molecule has 1 saturated heterocycles. The van der Waals surface area contributed by atoms with E-state index in [4.69, 9.17) is 0 Å². The first-order valence-corrected chi connectivity index (χ1v) is 12.7. The van der Waals surface area contributed by atoms with Crippen LogP contribution in [0.15, 0.2) is 83.3 Å². The van der Waals surface area contributed by atoms with Gasteiger partial charge < -0.3 is 10.2 Å². The number of benzene rings is 3. The molecule has 3 aromatic carbocycles. The molecule has 0 aliphatic carbocycles. The molecule has 0 spiro atoms. The highest BCUT2D eigenvalue weighted by Gasteiger charge is 2.17. The van der Waals surface area contributed by atoms with E-state index in [9.17, 15) is 9.18 Å². The van der Waals surface area contributed by atoms with Crippen molar-refractivity contribution in [2.75, 3.05) is 49.2 Å². The summed E-state index contributed by atoms with van der Waals surface area (Å²) < 4.78 is 14.4. The average Bonchev–Trinajstić information content (AvgIpc) is 2.89. The van der Waals surface area contributed by atoms with Gasteiger partial charge in [0.25, 0.3) is 0 Å². The fraction of sp³-hybridized carbons (Fsp3) is 0.296. The predicted octanol–water partition coefficient (Wildman–Crippen LogP) is 5.02. The van der Waals surface area contributed by atoms with E-state index in [0.29, 0.717) is 13.1 Å². The summed E-state index contributed by atoms with van der Waals surface area (Å²) in [5.74, 6) is -0.277. The number of hydrogen-bond donors (Lipinski definition) is 2. The number of anilines is 2. The van der Waals surface area contributed by atoms with Crippen LogP contribution in [0.2, 0.25) is 0 Å². The number of nitrogens with one attached hydrogen (secondary N) is 2. The van der Waals surface area contributed by atoms with Crippen LogP contribution in [0.4, 0.5) is 20.6 Å². The Morgan fingerprint density at radius 3 is 2.29 bits per heavy atom. The summed E-state index contributed by atoms with van der Waals surface area (Å²) in [7, 11) is 0. The minimum atomic E-state index is -0.277. The Bertz CT molecular complexity index is 1060. The molecular formula is C27H31BrFN5O. The van der Waals surface area contributed by atoms with Crippen molar-refractivity contribution in [3.63, 3.8) is 0 Å². The minimum absolute atomic E-state index is 0.254. The Kier molecular flexibility index (Phi) is 8.97.